The molecule has 1 heterocycles. The van der Waals surface area contributed by atoms with Crippen molar-refractivity contribution in [2.75, 3.05) is 32.7 Å². The SMILES string of the molecule is Cl.Cl.O=C(CN1CCN(Cc2ccccc2)CC1)c1ccccc1. The molecule has 0 N–H and O–H groups in total. The van der Waals surface area contributed by atoms with Crippen molar-refractivity contribution in [2.45, 2.75) is 6.54 Å². The molecule has 130 valence electrons. The Labute approximate surface area is 156 Å². The van der Waals surface area contributed by atoms with Crippen molar-refractivity contribution in [3.05, 3.63) is 71.8 Å². The molecule has 0 atom stereocenters. The summed E-state index contributed by atoms with van der Waals surface area (Å²) < 4.78 is 0. The second-order valence-electron chi connectivity index (χ2n) is 5.83. The van der Waals surface area contributed by atoms with Gasteiger partial charge in [-0.15, -0.1) is 24.8 Å². The number of ketones is 1. The highest BCUT2D eigenvalue weighted by atomic mass is 35.5. The van der Waals surface area contributed by atoms with Crippen molar-refractivity contribution >= 4 is 30.6 Å². The third kappa shape index (κ3) is 5.91. The Balaban J connectivity index is 0.00000144. The largest absolute Gasteiger partial charge is 0.297 e. The smallest absolute Gasteiger partial charge is 0.176 e. The van der Waals surface area contributed by atoms with Crippen molar-refractivity contribution in [1.82, 2.24) is 9.80 Å². The molecule has 3 rings (SSSR count). The number of halogens is 2. The van der Waals surface area contributed by atoms with Crippen LogP contribution in [0.1, 0.15) is 15.9 Å². The maximum absolute atomic E-state index is 12.2. The Morgan fingerprint density at radius 1 is 0.750 bits per heavy atom. The number of carbonyl (C=O) groups is 1. The van der Waals surface area contributed by atoms with Crippen LogP contribution in [0.2, 0.25) is 0 Å². The van der Waals surface area contributed by atoms with Gasteiger partial charge in [0.1, 0.15) is 0 Å². The summed E-state index contributed by atoms with van der Waals surface area (Å²) in [4.78, 5) is 16.9. The number of rotatable bonds is 5. The predicted octanol–water partition coefficient (Wildman–Crippen LogP) is 3.53. The van der Waals surface area contributed by atoms with Crippen molar-refractivity contribution in [2.24, 2.45) is 0 Å². The Morgan fingerprint density at radius 2 is 1.25 bits per heavy atom. The zero-order valence-corrected chi connectivity index (χ0v) is 15.3. The van der Waals surface area contributed by atoms with E-state index >= 15 is 0 Å². The number of benzene rings is 2. The molecule has 0 bridgehead atoms. The van der Waals surface area contributed by atoms with Crippen LogP contribution in [0.5, 0.6) is 0 Å². The Hall–Kier alpha value is -1.39. The summed E-state index contributed by atoms with van der Waals surface area (Å²) in [5.41, 5.74) is 2.17. The Bertz CT molecular complexity index is 599. The Morgan fingerprint density at radius 3 is 1.83 bits per heavy atom. The molecule has 0 spiro atoms. The standard InChI is InChI=1S/C19H22N2O.2ClH/c22-19(18-9-5-2-6-10-18)16-21-13-11-20(12-14-21)15-17-7-3-1-4-8-17;;/h1-10H,11-16H2;2*1H. The molecule has 3 nitrogen and oxygen atoms in total. The molecule has 1 saturated heterocycles. The van der Waals surface area contributed by atoms with Crippen molar-refractivity contribution in [3.63, 3.8) is 0 Å². The number of hydrogen-bond acceptors (Lipinski definition) is 3. The first-order valence-corrected chi connectivity index (χ1v) is 7.88. The molecule has 1 aliphatic rings. The van der Waals surface area contributed by atoms with Gasteiger partial charge in [-0.1, -0.05) is 60.7 Å². The van der Waals surface area contributed by atoms with Crippen LogP contribution in [0.3, 0.4) is 0 Å². The third-order valence-electron chi connectivity index (χ3n) is 4.18. The van der Waals surface area contributed by atoms with Crippen LogP contribution in [0.4, 0.5) is 0 Å². The molecular formula is C19H24Cl2N2O. The minimum atomic E-state index is 0. The lowest BCUT2D eigenvalue weighted by atomic mass is 10.1. The lowest BCUT2D eigenvalue weighted by Crippen LogP contribution is -2.47. The summed E-state index contributed by atoms with van der Waals surface area (Å²) in [5.74, 6) is 0.220. The van der Waals surface area contributed by atoms with E-state index in [0.717, 1.165) is 38.3 Å². The van der Waals surface area contributed by atoms with Crippen LogP contribution in [0.15, 0.2) is 60.7 Å². The molecule has 0 aromatic heterocycles. The van der Waals surface area contributed by atoms with Crippen LogP contribution in [-0.2, 0) is 6.54 Å². The molecule has 5 heteroatoms. The predicted molar refractivity (Wildman–Crippen MR) is 103 cm³/mol. The highest BCUT2D eigenvalue weighted by Gasteiger charge is 2.19. The average molecular weight is 367 g/mol. The molecule has 24 heavy (non-hydrogen) atoms. The zero-order chi connectivity index (χ0) is 15.2. The van der Waals surface area contributed by atoms with E-state index in [-0.39, 0.29) is 30.6 Å². The summed E-state index contributed by atoms with van der Waals surface area (Å²) in [7, 11) is 0. The average Bonchev–Trinajstić information content (AvgIpc) is 2.58. The number of nitrogens with zero attached hydrogens (tertiary/aromatic N) is 2. The number of piperazine rings is 1. The molecular weight excluding hydrogens is 343 g/mol. The summed E-state index contributed by atoms with van der Waals surface area (Å²) in [6, 6.07) is 20.2. The van der Waals surface area contributed by atoms with Gasteiger partial charge in [0.15, 0.2) is 5.78 Å². The highest BCUT2D eigenvalue weighted by Crippen LogP contribution is 2.09. The molecule has 0 radical (unpaired) electrons. The van der Waals surface area contributed by atoms with Gasteiger partial charge in [0.25, 0.3) is 0 Å². The van der Waals surface area contributed by atoms with E-state index in [2.05, 4.69) is 40.1 Å². The molecule has 0 unspecified atom stereocenters. The highest BCUT2D eigenvalue weighted by molar-refractivity contribution is 5.97. The van der Waals surface area contributed by atoms with Gasteiger partial charge in [-0.3, -0.25) is 14.6 Å². The number of carbonyl (C=O) groups excluding carboxylic acids is 1. The van der Waals surface area contributed by atoms with Gasteiger partial charge in [0.2, 0.25) is 0 Å². The van der Waals surface area contributed by atoms with Gasteiger partial charge >= 0.3 is 0 Å². The quantitative estimate of drug-likeness (QED) is 0.756. The topological polar surface area (TPSA) is 23.6 Å². The van der Waals surface area contributed by atoms with E-state index in [4.69, 9.17) is 0 Å². The summed E-state index contributed by atoms with van der Waals surface area (Å²) in [5, 5.41) is 0. The minimum absolute atomic E-state index is 0. The Kier molecular flexibility index (Phi) is 9.01. The van der Waals surface area contributed by atoms with Gasteiger partial charge in [0, 0.05) is 38.3 Å². The van der Waals surface area contributed by atoms with Crippen molar-refractivity contribution in [1.29, 1.82) is 0 Å². The number of hydrogen-bond donors (Lipinski definition) is 0. The molecule has 1 aliphatic heterocycles. The van der Waals surface area contributed by atoms with Crippen molar-refractivity contribution in [3.8, 4) is 0 Å². The fraction of sp³-hybridized carbons (Fsp3) is 0.316. The van der Waals surface area contributed by atoms with E-state index in [1.165, 1.54) is 5.56 Å². The zero-order valence-electron chi connectivity index (χ0n) is 13.6. The van der Waals surface area contributed by atoms with Crippen LogP contribution in [-0.4, -0.2) is 48.3 Å². The van der Waals surface area contributed by atoms with Gasteiger partial charge < -0.3 is 0 Å². The van der Waals surface area contributed by atoms with Crippen LogP contribution in [0, 0.1) is 0 Å². The first kappa shape index (κ1) is 20.7. The van der Waals surface area contributed by atoms with E-state index in [9.17, 15) is 4.79 Å². The number of Topliss-reactive ketones (excluding diaryl/α,β-unsaturated/α-hetero) is 1. The van der Waals surface area contributed by atoms with Gasteiger partial charge in [0.05, 0.1) is 6.54 Å². The molecule has 0 aliphatic carbocycles. The van der Waals surface area contributed by atoms with E-state index in [1.54, 1.807) is 0 Å². The first-order chi connectivity index (χ1) is 10.8. The second kappa shape index (κ2) is 10.5. The summed E-state index contributed by atoms with van der Waals surface area (Å²) in [6.45, 7) is 5.51. The fourth-order valence-electron chi connectivity index (χ4n) is 2.87. The fourth-order valence-corrected chi connectivity index (χ4v) is 2.87. The van der Waals surface area contributed by atoms with Crippen LogP contribution >= 0.6 is 24.8 Å². The summed E-state index contributed by atoms with van der Waals surface area (Å²) >= 11 is 0. The van der Waals surface area contributed by atoms with Gasteiger partial charge in [-0.25, -0.2) is 0 Å². The van der Waals surface area contributed by atoms with E-state index in [0.29, 0.717) is 6.54 Å². The first-order valence-electron chi connectivity index (χ1n) is 7.88. The van der Waals surface area contributed by atoms with Gasteiger partial charge in [-0.05, 0) is 5.56 Å². The lowest BCUT2D eigenvalue weighted by Gasteiger charge is -2.34. The molecule has 0 saturated carbocycles. The second-order valence-corrected chi connectivity index (χ2v) is 5.83. The summed E-state index contributed by atoms with van der Waals surface area (Å²) in [6.07, 6.45) is 0. The van der Waals surface area contributed by atoms with E-state index < -0.39 is 0 Å². The lowest BCUT2D eigenvalue weighted by molar-refractivity contribution is 0.0844. The molecule has 0 amide bonds. The maximum atomic E-state index is 12.2. The van der Waals surface area contributed by atoms with E-state index in [1.807, 2.05) is 30.3 Å². The molecule has 1 fully saturated rings. The normalized spacial score (nSPS) is 15.2. The molecule has 2 aromatic rings. The van der Waals surface area contributed by atoms with Crippen LogP contribution in [0.25, 0.3) is 0 Å². The van der Waals surface area contributed by atoms with Crippen LogP contribution < -0.4 is 0 Å². The van der Waals surface area contributed by atoms with Gasteiger partial charge in [-0.2, -0.15) is 0 Å². The third-order valence-corrected chi connectivity index (χ3v) is 4.18. The monoisotopic (exact) mass is 366 g/mol. The minimum Gasteiger partial charge on any atom is -0.297 e. The maximum Gasteiger partial charge on any atom is 0.176 e. The van der Waals surface area contributed by atoms with Crippen molar-refractivity contribution < 1.29 is 4.79 Å². The molecule has 2 aromatic carbocycles.